The molecule has 0 saturated carbocycles. The summed E-state index contributed by atoms with van der Waals surface area (Å²) in [5, 5.41) is 8.40. The fraction of sp³-hybridized carbons (Fsp3) is 0. The normalized spacial score (nSPS) is 12.0. The zero-order valence-corrected chi connectivity index (χ0v) is 21.5. The first-order chi connectivity index (χ1) is 19.9. The van der Waals surface area contributed by atoms with Gasteiger partial charge in [0.05, 0.1) is 33.3 Å². The number of nitrogens with zero attached hydrogens (tertiary/aromatic N) is 4. The lowest BCUT2D eigenvalue weighted by Crippen LogP contribution is -2.01. The topological polar surface area (TPSA) is 35.6 Å². The van der Waals surface area contributed by atoms with Gasteiger partial charge in [-0.15, -0.1) is 0 Å². The van der Waals surface area contributed by atoms with Crippen molar-refractivity contribution in [1.29, 1.82) is 0 Å². The molecule has 0 unspecified atom stereocenters. The summed E-state index contributed by atoms with van der Waals surface area (Å²) >= 11 is 0. The summed E-state index contributed by atoms with van der Waals surface area (Å²) in [6.45, 7) is 0. The van der Waals surface area contributed by atoms with E-state index in [1.807, 2.05) is 24.4 Å². The van der Waals surface area contributed by atoms with Gasteiger partial charge in [0.2, 0.25) is 5.95 Å². The second-order valence-electron chi connectivity index (χ2n) is 10.3. The van der Waals surface area contributed by atoms with E-state index >= 15 is 0 Å². The van der Waals surface area contributed by atoms with E-state index in [1.54, 1.807) is 0 Å². The summed E-state index contributed by atoms with van der Waals surface area (Å²) in [6.07, 6.45) is 1.92. The molecule has 0 bridgehead atoms. The Balaban J connectivity index is 1.46. The fourth-order valence-corrected chi connectivity index (χ4v) is 6.47. The van der Waals surface area contributed by atoms with Gasteiger partial charge < -0.3 is 4.57 Å². The van der Waals surface area contributed by atoms with E-state index < -0.39 is 0 Å². The zero-order valence-electron chi connectivity index (χ0n) is 21.5. The third kappa shape index (κ3) is 2.85. The molecule has 0 amide bonds. The fourth-order valence-electron chi connectivity index (χ4n) is 6.47. The van der Waals surface area contributed by atoms with E-state index in [2.05, 4.69) is 118 Å². The Morgan fingerprint density at radius 2 is 1.00 bits per heavy atom. The summed E-state index contributed by atoms with van der Waals surface area (Å²) in [6, 6.07) is 45.2. The van der Waals surface area contributed by atoms with Crippen LogP contribution in [0.15, 0.2) is 134 Å². The quantitative estimate of drug-likeness (QED) is 0.233. The highest BCUT2D eigenvalue weighted by Gasteiger charge is 2.21. The number of benzene rings is 6. The molecule has 4 nitrogen and oxygen atoms in total. The lowest BCUT2D eigenvalue weighted by Gasteiger charge is -2.11. The molecule has 0 atom stereocenters. The van der Waals surface area contributed by atoms with Crippen molar-refractivity contribution in [3.05, 3.63) is 134 Å². The van der Waals surface area contributed by atoms with Crippen LogP contribution in [0.3, 0.4) is 0 Å². The van der Waals surface area contributed by atoms with Crippen LogP contribution in [-0.4, -0.2) is 19.1 Å². The van der Waals surface area contributed by atoms with Gasteiger partial charge in [0.15, 0.2) is 0 Å². The molecule has 0 spiro atoms. The monoisotopic (exact) mass is 510 g/mol. The van der Waals surface area contributed by atoms with Crippen molar-refractivity contribution in [3.63, 3.8) is 0 Å². The van der Waals surface area contributed by atoms with Gasteiger partial charge in [0, 0.05) is 38.5 Å². The molecule has 6 aromatic carbocycles. The van der Waals surface area contributed by atoms with E-state index in [4.69, 9.17) is 9.97 Å². The van der Waals surface area contributed by atoms with E-state index in [9.17, 15) is 0 Å². The standard InChI is InChI=1S/C36H22N4/c1-3-13-25-23(10-1)12-9-19-29(25)39-30-17-7-4-14-26(30)34-32(39)20-21-33-35(34)27-15-5-8-18-31(27)40(33)36-37-22-24-11-2-6-16-28(24)38-36/h1-22H. The van der Waals surface area contributed by atoms with Gasteiger partial charge in [0.25, 0.3) is 0 Å². The number of fused-ring (bicyclic) bond motifs is 9. The Hall–Kier alpha value is -5.48. The van der Waals surface area contributed by atoms with E-state index in [0.29, 0.717) is 5.95 Å². The van der Waals surface area contributed by atoms with Crippen molar-refractivity contribution in [1.82, 2.24) is 19.1 Å². The van der Waals surface area contributed by atoms with Crippen molar-refractivity contribution >= 4 is 65.3 Å². The maximum absolute atomic E-state index is 4.99. The zero-order chi connectivity index (χ0) is 26.2. The molecule has 9 aromatic rings. The van der Waals surface area contributed by atoms with Gasteiger partial charge in [-0.3, -0.25) is 4.57 Å². The van der Waals surface area contributed by atoms with Gasteiger partial charge in [-0.2, -0.15) is 0 Å². The van der Waals surface area contributed by atoms with Gasteiger partial charge in [0.1, 0.15) is 0 Å². The molecule has 0 fully saturated rings. The second-order valence-corrected chi connectivity index (χ2v) is 10.3. The Bertz CT molecular complexity index is 2440. The third-order valence-corrected chi connectivity index (χ3v) is 8.16. The van der Waals surface area contributed by atoms with Gasteiger partial charge in [-0.25, -0.2) is 9.97 Å². The number of hydrogen-bond acceptors (Lipinski definition) is 2. The Kier molecular flexibility index (Phi) is 4.30. The summed E-state index contributed by atoms with van der Waals surface area (Å²) in [5.41, 5.74) is 6.71. The molecule has 3 heterocycles. The predicted octanol–water partition coefficient (Wildman–Crippen LogP) is 8.98. The van der Waals surface area contributed by atoms with Crippen molar-refractivity contribution in [3.8, 4) is 11.6 Å². The van der Waals surface area contributed by atoms with Crippen LogP contribution in [0.4, 0.5) is 0 Å². The number of aromatic nitrogens is 4. The maximum Gasteiger partial charge on any atom is 0.235 e. The summed E-state index contributed by atoms with van der Waals surface area (Å²) in [4.78, 5) is 9.82. The van der Waals surface area contributed by atoms with Crippen LogP contribution in [0.5, 0.6) is 0 Å². The molecule has 3 aromatic heterocycles. The first-order valence-electron chi connectivity index (χ1n) is 13.5. The first kappa shape index (κ1) is 21.5. The Labute approximate surface area is 229 Å². The molecular weight excluding hydrogens is 488 g/mol. The molecular formula is C36H22N4. The predicted molar refractivity (Wildman–Crippen MR) is 166 cm³/mol. The minimum absolute atomic E-state index is 0.682. The molecule has 40 heavy (non-hydrogen) atoms. The molecule has 186 valence electrons. The molecule has 0 saturated heterocycles. The van der Waals surface area contributed by atoms with Crippen molar-refractivity contribution in [2.45, 2.75) is 0 Å². The lowest BCUT2D eigenvalue weighted by atomic mass is 10.1. The van der Waals surface area contributed by atoms with Crippen LogP contribution in [0, 0.1) is 0 Å². The summed E-state index contributed by atoms with van der Waals surface area (Å²) in [7, 11) is 0. The van der Waals surface area contributed by atoms with Crippen LogP contribution in [-0.2, 0) is 0 Å². The second kappa shape index (κ2) is 8.01. The number of hydrogen-bond donors (Lipinski definition) is 0. The largest absolute Gasteiger partial charge is 0.309 e. The third-order valence-electron chi connectivity index (χ3n) is 8.16. The highest BCUT2D eigenvalue weighted by molar-refractivity contribution is 6.29. The van der Waals surface area contributed by atoms with Crippen molar-refractivity contribution in [2.24, 2.45) is 0 Å². The SMILES string of the molecule is c1ccc2nc(-n3c4ccccc4c4c5c6ccccc6n(-c6cccc7ccccc67)c5ccc43)ncc2c1. The first-order valence-corrected chi connectivity index (χ1v) is 13.5. The molecule has 0 aliphatic carbocycles. The molecule has 4 heteroatoms. The average molecular weight is 511 g/mol. The van der Waals surface area contributed by atoms with Gasteiger partial charge >= 0.3 is 0 Å². The number of rotatable bonds is 2. The van der Waals surface area contributed by atoms with Gasteiger partial charge in [-0.05, 0) is 41.8 Å². The van der Waals surface area contributed by atoms with Crippen LogP contribution in [0.2, 0.25) is 0 Å². The minimum Gasteiger partial charge on any atom is -0.309 e. The molecule has 0 N–H and O–H groups in total. The van der Waals surface area contributed by atoms with E-state index in [0.717, 1.165) is 21.9 Å². The van der Waals surface area contributed by atoms with Crippen LogP contribution >= 0.6 is 0 Å². The smallest absolute Gasteiger partial charge is 0.235 e. The van der Waals surface area contributed by atoms with E-state index in [-0.39, 0.29) is 0 Å². The lowest BCUT2D eigenvalue weighted by molar-refractivity contribution is 1.01. The van der Waals surface area contributed by atoms with Crippen LogP contribution in [0.1, 0.15) is 0 Å². The molecule has 0 aliphatic heterocycles. The van der Waals surface area contributed by atoms with Crippen LogP contribution in [0.25, 0.3) is 76.9 Å². The summed E-state index contributed by atoms with van der Waals surface area (Å²) < 4.78 is 4.63. The van der Waals surface area contributed by atoms with E-state index in [1.165, 1.54) is 49.0 Å². The molecule has 0 radical (unpaired) electrons. The van der Waals surface area contributed by atoms with Crippen molar-refractivity contribution in [2.75, 3.05) is 0 Å². The highest BCUT2D eigenvalue weighted by atomic mass is 15.2. The highest BCUT2D eigenvalue weighted by Crippen LogP contribution is 2.42. The van der Waals surface area contributed by atoms with Crippen LogP contribution < -0.4 is 0 Å². The average Bonchev–Trinajstić information content (AvgIpc) is 3.53. The maximum atomic E-state index is 4.99. The number of para-hydroxylation sites is 3. The Morgan fingerprint density at radius 1 is 0.425 bits per heavy atom. The van der Waals surface area contributed by atoms with Crippen molar-refractivity contribution < 1.29 is 0 Å². The minimum atomic E-state index is 0.682. The molecule has 9 rings (SSSR count). The Morgan fingerprint density at radius 3 is 1.77 bits per heavy atom. The summed E-state index contributed by atoms with van der Waals surface area (Å²) in [5.74, 6) is 0.682. The molecule has 0 aliphatic rings. The van der Waals surface area contributed by atoms with Gasteiger partial charge in [-0.1, -0.05) is 91.0 Å².